The van der Waals surface area contributed by atoms with E-state index in [2.05, 4.69) is 39.2 Å². The maximum absolute atomic E-state index is 12.7. The molecule has 2 aromatic carbocycles. The first kappa shape index (κ1) is 16.9. The number of halogens is 1. The van der Waals surface area contributed by atoms with E-state index in [4.69, 9.17) is 4.42 Å². The van der Waals surface area contributed by atoms with Crippen LogP contribution < -0.4 is 10.00 Å². The van der Waals surface area contributed by atoms with Crippen LogP contribution in [0.5, 0.6) is 0 Å². The summed E-state index contributed by atoms with van der Waals surface area (Å²) in [6, 6.07) is 13.7. The second kappa shape index (κ2) is 7.02. The molecule has 0 saturated carbocycles. The highest BCUT2D eigenvalue weighted by molar-refractivity contribution is 9.10. The molecule has 0 unspecified atom stereocenters. The summed E-state index contributed by atoms with van der Waals surface area (Å²) >= 11 is 5.09. The topological polar surface area (TPSA) is 34.1 Å². The molecule has 5 heteroatoms. The van der Waals surface area contributed by atoms with Gasteiger partial charge in [0, 0.05) is 16.6 Å². The summed E-state index contributed by atoms with van der Waals surface area (Å²) in [6.45, 7) is 4.56. The number of nitrogens with zero attached hydrogens (tertiary/aromatic N) is 1. The second-order valence-corrected chi connectivity index (χ2v) is 7.78. The van der Waals surface area contributed by atoms with Gasteiger partial charge >= 0.3 is 0 Å². The van der Waals surface area contributed by atoms with Gasteiger partial charge in [-0.2, -0.15) is 4.57 Å². The monoisotopic (exact) mass is 424 g/mol. The van der Waals surface area contributed by atoms with Gasteiger partial charge in [0.25, 0.3) is 5.01 Å². The van der Waals surface area contributed by atoms with Crippen LogP contribution in [0, 0.1) is 0 Å². The number of thiazole rings is 1. The van der Waals surface area contributed by atoms with Gasteiger partial charge in [0.1, 0.15) is 16.5 Å². The summed E-state index contributed by atoms with van der Waals surface area (Å²) in [5.41, 5.74) is 2.23. The molecule has 0 saturated heterocycles. The zero-order valence-electron chi connectivity index (χ0n) is 13.8. The van der Waals surface area contributed by atoms with E-state index in [0.29, 0.717) is 23.1 Å². The molecule has 0 fully saturated rings. The fraction of sp³-hybridized carbons (Fsp3) is 0.0476. The average Bonchev–Trinajstić information content (AvgIpc) is 3.00. The Morgan fingerprint density at radius 1 is 1.19 bits per heavy atom. The lowest BCUT2D eigenvalue weighted by Crippen LogP contribution is -2.33. The van der Waals surface area contributed by atoms with Crippen LogP contribution in [0.4, 0.5) is 0 Å². The van der Waals surface area contributed by atoms with Crippen LogP contribution in [0.2, 0.25) is 0 Å². The fourth-order valence-electron chi connectivity index (χ4n) is 2.89. The Labute approximate surface area is 162 Å². The third-order valence-corrected chi connectivity index (χ3v) is 5.74. The standard InChI is InChI=1S/C21H15BrNO2S/c1-2-11-23-17-5-3-4-6-19(17)26-20(23)10-7-14-13-25-18-9-8-15(22)12-16(18)21(14)24/h2-10,12-13H,1,11H2/q+1/b10-7+. The Kier molecular flexibility index (Phi) is 4.57. The number of allylic oxidation sites excluding steroid dienone is 1. The molecule has 0 aliphatic carbocycles. The maximum atomic E-state index is 12.7. The van der Waals surface area contributed by atoms with E-state index in [9.17, 15) is 4.79 Å². The Morgan fingerprint density at radius 2 is 2.04 bits per heavy atom. The van der Waals surface area contributed by atoms with Gasteiger partial charge in [-0.1, -0.05) is 46.0 Å². The van der Waals surface area contributed by atoms with Crippen molar-refractivity contribution < 1.29 is 8.98 Å². The summed E-state index contributed by atoms with van der Waals surface area (Å²) in [5, 5.41) is 1.62. The zero-order chi connectivity index (χ0) is 18.1. The summed E-state index contributed by atoms with van der Waals surface area (Å²) in [6.07, 6.45) is 7.17. The lowest BCUT2D eigenvalue weighted by Gasteiger charge is -1.99. The van der Waals surface area contributed by atoms with Gasteiger partial charge in [0.05, 0.1) is 10.9 Å². The number of aromatic nitrogens is 1. The van der Waals surface area contributed by atoms with E-state index in [1.807, 2.05) is 36.4 Å². The Balaban J connectivity index is 1.81. The second-order valence-electron chi connectivity index (χ2n) is 5.80. The molecule has 26 heavy (non-hydrogen) atoms. The number of hydrogen-bond acceptors (Lipinski definition) is 3. The van der Waals surface area contributed by atoms with Gasteiger partial charge in [0.2, 0.25) is 5.52 Å². The molecule has 0 amide bonds. The van der Waals surface area contributed by atoms with Crippen molar-refractivity contribution in [3.8, 4) is 0 Å². The van der Waals surface area contributed by atoms with Crippen LogP contribution in [0.1, 0.15) is 10.6 Å². The van der Waals surface area contributed by atoms with E-state index >= 15 is 0 Å². The number of rotatable bonds is 4. The normalized spacial score (nSPS) is 11.6. The highest BCUT2D eigenvalue weighted by Crippen LogP contribution is 2.22. The minimum atomic E-state index is -0.0415. The van der Waals surface area contributed by atoms with E-state index in [1.54, 1.807) is 23.5 Å². The molecule has 0 bridgehead atoms. The molecular weight excluding hydrogens is 410 g/mol. The molecular formula is C21H15BrNO2S+. The Hall–Kier alpha value is -2.50. The first-order valence-corrected chi connectivity index (χ1v) is 9.70. The molecule has 0 radical (unpaired) electrons. The number of para-hydroxylation sites is 1. The number of benzene rings is 2. The highest BCUT2D eigenvalue weighted by atomic mass is 79.9. The van der Waals surface area contributed by atoms with Crippen LogP contribution in [0.25, 0.3) is 33.3 Å². The van der Waals surface area contributed by atoms with Crippen molar-refractivity contribution in [2.45, 2.75) is 6.54 Å². The molecule has 0 aliphatic rings. The summed E-state index contributed by atoms with van der Waals surface area (Å²) in [7, 11) is 0. The average molecular weight is 425 g/mol. The molecule has 4 aromatic rings. The molecule has 2 heterocycles. The van der Waals surface area contributed by atoms with E-state index in [1.165, 1.54) is 11.0 Å². The van der Waals surface area contributed by atoms with E-state index in [-0.39, 0.29) is 5.43 Å². The molecule has 4 rings (SSSR count). The first-order chi connectivity index (χ1) is 12.7. The van der Waals surface area contributed by atoms with Gasteiger partial charge in [-0.3, -0.25) is 4.79 Å². The Morgan fingerprint density at radius 3 is 2.88 bits per heavy atom. The van der Waals surface area contributed by atoms with Crippen molar-refractivity contribution >= 4 is 60.6 Å². The summed E-state index contributed by atoms with van der Waals surface area (Å²) in [5.74, 6) is 0. The molecule has 0 N–H and O–H groups in total. The van der Waals surface area contributed by atoms with Crippen molar-refractivity contribution in [1.29, 1.82) is 0 Å². The number of hydrogen-bond donors (Lipinski definition) is 0. The van der Waals surface area contributed by atoms with Crippen LogP contribution in [0.15, 0.2) is 75.1 Å². The molecule has 0 atom stereocenters. The van der Waals surface area contributed by atoms with Crippen molar-refractivity contribution in [2.75, 3.05) is 0 Å². The van der Waals surface area contributed by atoms with Crippen molar-refractivity contribution in [2.24, 2.45) is 0 Å². The van der Waals surface area contributed by atoms with Crippen LogP contribution in [0.3, 0.4) is 0 Å². The van der Waals surface area contributed by atoms with Gasteiger partial charge in [-0.15, -0.1) is 0 Å². The molecule has 128 valence electrons. The van der Waals surface area contributed by atoms with E-state index < -0.39 is 0 Å². The van der Waals surface area contributed by atoms with Crippen LogP contribution >= 0.6 is 27.3 Å². The third kappa shape index (κ3) is 3.04. The van der Waals surface area contributed by atoms with Gasteiger partial charge in [-0.05, 0) is 36.4 Å². The lowest BCUT2D eigenvalue weighted by atomic mass is 10.1. The van der Waals surface area contributed by atoms with Gasteiger partial charge in [0.15, 0.2) is 12.0 Å². The number of fused-ring (bicyclic) bond motifs is 2. The zero-order valence-corrected chi connectivity index (χ0v) is 16.2. The predicted octanol–water partition coefficient (Wildman–Crippen LogP) is 5.41. The minimum absolute atomic E-state index is 0.0415. The first-order valence-electron chi connectivity index (χ1n) is 8.09. The fourth-order valence-corrected chi connectivity index (χ4v) is 4.32. The summed E-state index contributed by atoms with van der Waals surface area (Å²) < 4.78 is 9.85. The molecule has 0 spiro atoms. The molecule has 3 nitrogen and oxygen atoms in total. The van der Waals surface area contributed by atoms with Gasteiger partial charge in [-0.25, -0.2) is 0 Å². The predicted molar refractivity (Wildman–Crippen MR) is 111 cm³/mol. The van der Waals surface area contributed by atoms with E-state index in [0.717, 1.165) is 15.0 Å². The minimum Gasteiger partial charge on any atom is -0.463 e. The highest BCUT2D eigenvalue weighted by Gasteiger charge is 2.16. The molecule has 0 aliphatic heterocycles. The van der Waals surface area contributed by atoms with Crippen molar-refractivity contribution in [3.05, 3.63) is 86.6 Å². The van der Waals surface area contributed by atoms with Crippen LogP contribution in [-0.4, -0.2) is 0 Å². The summed E-state index contributed by atoms with van der Waals surface area (Å²) in [4.78, 5) is 12.7. The smallest absolute Gasteiger partial charge is 0.263 e. The third-order valence-electron chi connectivity index (χ3n) is 4.12. The lowest BCUT2D eigenvalue weighted by molar-refractivity contribution is -0.658. The maximum Gasteiger partial charge on any atom is 0.263 e. The quantitative estimate of drug-likeness (QED) is 0.324. The Bertz CT molecular complexity index is 1220. The SMILES string of the molecule is C=CC[n+]1c(/C=C/c2coc3ccc(Br)cc3c2=O)sc2ccccc21. The molecule has 2 aromatic heterocycles. The van der Waals surface area contributed by atoms with Crippen molar-refractivity contribution in [1.82, 2.24) is 0 Å². The van der Waals surface area contributed by atoms with Crippen LogP contribution in [-0.2, 0) is 6.54 Å². The van der Waals surface area contributed by atoms with Crippen molar-refractivity contribution in [3.63, 3.8) is 0 Å². The van der Waals surface area contributed by atoms with Gasteiger partial charge < -0.3 is 4.42 Å². The largest absolute Gasteiger partial charge is 0.463 e.